The molecule has 5 heteroatoms. The number of halogens is 1. The van der Waals surface area contributed by atoms with Crippen LogP contribution < -0.4 is 0 Å². The maximum Gasteiger partial charge on any atom is 0.216 e. The SMILES string of the molecule is O=C(C[N+]12CC=C(CO)[C@H]1[C@@H](O)CC2)c1ccc(Br)cc1. The molecule has 0 aliphatic carbocycles. The van der Waals surface area contributed by atoms with Gasteiger partial charge < -0.3 is 14.7 Å². The first-order valence-corrected chi connectivity index (χ1v) is 7.97. The number of aliphatic hydroxyl groups excluding tert-OH is 2. The van der Waals surface area contributed by atoms with Crippen LogP contribution in [0.2, 0.25) is 0 Å². The van der Waals surface area contributed by atoms with Crippen molar-refractivity contribution in [2.75, 3.05) is 26.2 Å². The third-order valence-electron chi connectivity index (χ3n) is 4.73. The first-order chi connectivity index (χ1) is 10.1. The van der Waals surface area contributed by atoms with E-state index in [-0.39, 0.29) is 18.4 Å². The van der Waals surface area contributed by atoms with Crippen LogP contribution in [-0.4, -0.2) is 58.9 Å². The Hall–Kier alpha value is -1.01. The van der Waals surface area contributed by atoms with Crippen LogP contribution in [0.25, 0.3) is 0 Å². The summed E-state index contributed by atoms with van der Waals surface area (Å²) in [4.78, 5) is 12.6. The van der Waals surface area contributed by atoms with Gasteiger partial charge in [-0.1, -0.05) is 28.1 Å². The number of benzene rings is 1. The summed E-state index contributed by atoms with van der Waals surface area (Å²) in [7, 11) is 0. The lowest BCUT2D eigenvalue weighted by molar-refractivity contribution is -0.917. The van der Waals surface area contributed by atoms with Gasteiger partial charge in [-0.05, 0) is 18.2 Å². The topological polar surface area (TPSA) is 57.5 Å². The Morgan fingerprint density at radius 2 is 2.05 bits per heavy atom. The number of aliphatic hydroxyl groups is 2. The molecule has 1 fully saturated rings. The molecule has 1 aromatic rings. The lowest BCUT2D eigenvalue weighted by Crippen LogP contribution is -2.54. The average molecular weight is 353 g/mol. The molecule has 1 saturated heterocycles. The van der Waals surface area contributed by atoms with Crippen molar-refractivity contribution in [3.8, 4) is 0 Å². The van der Waals surface area contributed by atoms with Gasteiger partial charge in [0.1, 0.15) is 18.7 Å². The molecule has 4 nitrogen and oxygen atoms in total. The minimum atomic E-state index is -0.455. The maximum atomic E-state index is 12.6. The zero-order chi connectivity index (χ0) is 15.0. The van der Waals surface area contributed by atoms with Crippen molar-refractivity contribution in [1.29, 1.82) is 0 Å². The molecule has 2 aliphatic heterocycles. The molecular weight excluding hydrogens is 334 g/mol. The molecule has 1 aromatic carbocycles. The quantitative estimate of drug-likeness (QED) is 0.490. The summed E-state index contributed by atoms with van der Waals surface area (Å²) in [6.07, 6.45) is 2.22. The molecule has 0 radical (unpaired) electrons. The fourth-order valence-electron chi connectivity index (χ4n) is 3.69. The number of nitrogens with zero attached hydrogens (tertiary/aromatic N) is 1. The van der Waals surface area contributed by atoms with Gasteiger partial charge in [0.25, 0.3) is 0 Å². The lowest BCUT2D eigenvalue weighted by atomic mass is 10.0. The normalized spacial score (nSPS) is 31.1. The van der Waals surface area contributed by atoms with Gasteiger partial charge in [-0.2, -0.15) is 0 Å². The van der Waals surface area contributed by atoms with Crippen LogP contribution in [0.3, 0.4) is 0 Å². The third kappa shape index (κ3) is 2.59. The highest BCUT2D eigenvalue weighted by Gasteiger charge is 2.52. The fourth-order valence-corrected chi connectivity index (χ4v) is 3.95. The minimum Gasteiger partial charge on any atom is -0.392 e. The molecule has 2 N–H and O–H groups in total. The Bertz CT molecular complexity index is 584. The van der Waals surface area contributed by atoms with E-state index in [0.717, 1.165) is 23.1 Å². The van der Waals surface area contributed by atoms with Gasteiger partial charge in [0, 0.05) is 22.0 Å². The third-order valence-corrected chi connectivity index (χ3v) is 5.26. The monoisotopic (exact) mass is 352 g/mol. The number of Topliss-reactive ketones (excluding diaryl/α,β-unsaturated/α-hetero) is 1. The van der Waals surface area contributed by atoms with Crippen LogP contribution in [0.15, 0.2) is 40.4 Å². The molecule has 2 heterocycles. The molecule has 0 aromatic heterocycles. The number of fused-ring (bicyclic) bond motifs is 1. The number of carbonyl (C=O) groups excluding carboxylic acids is 1. The molecule has 0 bridgehead atoms. The molecule has 0 saturated carbocycles. The van der Waals surface area contributed by atoms with E-state index in [0.29, 0.717) is 23.0 Å². The van der Waals surface area contributed by atoms with Crippen LogP contribution in [0.1, 0.15) is 16.8 Å². The van der Waals surface area contributed by atoms with Gasteiger partial charge in [-0.3, -0.25) is 4.79 Å². The number of quaternary nitrogens is 1. The van der Waals surface area contributed by atoms with Crippen molar-refractivity contribution >= 4 is 21.7 Å². The smallest absolute Gasteiger partial charge is 0.216 e. The Balaban J connectivity index is 1.81. The van der Waals surface area contributed by atoms with E-state index in [1.54, 1.807) is 0 Å². The number of ketones is 1. The van der Waals surface area contributed by atoms with E-state index in [2.05, 4.69) is 15.9 Å². The highest BCUT2D eigenvalue weighted by molar-refractivity contribution is 9.10. The Morgan fingerprint density at radius 3 is 2.71 bits per heavy atom. The van der Waals surface area contributed by atoms with E-state index < -0.39 is 6.10 Å². The van der Waals surface area contributed by atoms with Gasteiger partial charge in [-0.25, -0.2) is 0 Å². The summed E-state index contributed by atoms with van der Waals surface area (Å²) in [5.74, 6) is 0.0918. The van der Waals surface area contributed by atoms with Crippen molar-refractivity contribution in [2.24, 2.45) is 0 Å². The van der Waals surface area contributed by atoms with Crippen molar-refractivity contribution in [1.82, 2.24) is 0 Å². The molecule has 1 unspecified atom stereocenters. The second kappa shape index (κ2) is 5.65. The predicted molar refractivity (Wildman–Crippen MR) is 82.9 cm³/mol. The van der Waals surface area contributed by atoms with Crippen molar-refractivity contribution < 1.29 is 19.5 Å². The second-order valence-electron chi connectivity index (χ2n) is 5.95. The van der Waals surface area contributed by atoms with Gasteiger partial charge in [0.15, 0.2) is 0 Å². The van der Waals surface area contributed by atoms with E-state index >= 15 is 0 Å². The maximum absolute atomic E-state index is 12.6. The summed E-state index contributed by atoms with van der Waals surface area (Å²) in [5.41, 5.74) is 1.58. The van der Waals surface area contributed by atoms with Crippen molar-refractivity contribution in [3.05, 3.63) is 46.0 Å². The van der Waals surface area contributed by atoms with Crippen LogP contribution in [0.5, 0.6) is 0 Å². The van der Waals surface area contributed by atoms with E-state index in [4.69, 9.17) is 0 Å². The number of carbonyl (C=O) groups is 1. The van der Waals surface area contributed by atoms with Crippen molar-refractivity contribution in [3.63, 3.8) is 0 Å². The zero-order valence-corrected chi connectivity index (χ0v) is 13.3. The zero-order valence-electron chi connectivity index (χ0n) is 11.7. The molecule has 0 spiro atoms. The molecule has 3 atom stereocenters. The highest BCUT2D eigenvalue weighted by atomic mass is 79.9. The Kier molecular flexibility index (Phi) is 4.01. The molecule has 0 amide bonds. The van der Waals surface area contributed by atoms with Crippen LogP contribution in [-0.2, 0) is 0 Å². The number of rotatable bonds is 4. The molecular formula is C16H19BrNO3+. The van der Waals surface area contributed by atoms with Gasteiger partial charge >= 0.3 is 0 Å². The van der Waals surface area contributed by atoms with Crippen molar-refractivity contribution in [2.45, 2.75) is 18.6 Å². The summed E-state index contributed by atoms with van der Waals surface area (Å²) in [5, 5.41) is 19.6. The van der Waals surface area contributed by atoms with Crippen LogP contribution in [0, 0.1) is 0 Å². The Labute approximate surface area is 132 Å². The van der Waals surface area contributed by atoms with E-state index in [1.807, 2.05) is 30.3 Å². The van der Waals surface area contributed by atoms with Crippen LogP contribution in [0.4, 0.5) is 0 Å². The average Bonchev–Trinajstić information content (AvgIpc) is 2.98. The Morgan fingerprint density at radius 1 is 1.33 bits per heavy atom. The molecule has 2 aliphatic rings. The van der Waals surface area contributed by atoms with Crippen LogP contribution >= 0.6 is 15.9 Å². The predicted octanol–water partition coefficient (Wildman–Crippen LogP) is 1.51. The van der Waals surface area contributed by atoms with E-state index in [1.165, 1.54) is 0 Å². The lowest BCUT2D eigenvalue weighted by Gasteiger charge is -2.35. The fraction of sp³-hybridized carbons (Fsp3) is 0.438. The van der Waals surface area contributed by atoms with E-state index in [9.17, 15) is 15.0 Å². The molecule has 3 rings (SSSR count). The summed E-state index contributed by atoms with van der Waals surface area (Å²) < 4.78 is 1.51. The summed E-state index contributed by atoms with van der Waals surface area (Å²) >= 11 is 3.37. The minimum absolute atomic E-state index is 0.0335. The largest absolute Gasteiger partial charge is 0.392 e. The number of hydrogen-bond donors (Lipinski definition) is 2. The van der Waals surface area contributed by atoms with Gasteiger partial charge in [0.2, 0.25) is 5.78 Å². The second-order valence-corrected chi connectivity index (χ2v) is 6.87. The van der Waals surface area contributed by atoms with Gasteiger partial charge in [0.05, 0.1) is 19.7 Å². The standard InChI is InChI=1S/C16H19BrNO3/c17-13-3-1-11(2-4-13)15(21)9-18-7-5-12(10-19)16(18)14(20)6-8-18/h1-5,14,16,19-20H,6-10H2/q+1/t14-,16-,18?/m0/s1. The summed E-state index contributed by atoms with van der Waals surface area (Å²) in [6.45, 7) is 1.85. The number of hydrogen-bond acceptors (Lipinski definition) is 3. The first kappa shape index (κ1) is 14.9. The molecule has 112 valence electrons. The first-order valence-electron chi connectivity index (χ1n) is 7.18. The summed E-state index contributed by atoms with van der Waals surface area (Å²) in [6, 6.07) is 7.26. The molecule has 21 heavy (non-hydrogen) atoms. The highest BCUT2D eigenvalue weighted by Crippen LogP contribution is 2.37. The van der Waals surface area contributed by atoms with Gasteiger partial charge in [-0.15, -0.1) is 0 Å².